The molecule has 92 valence electrons. The SMILES string of the molecule is CC(C)OCC(O)CNCC(O)C(F)F. The van der Waals surface area contributed by atoms with Crippen molar-refractivity contribution in [1.29, 1.82) is 0 Å². The summed E-state index contributed by atoms with van der Waals surface area (Å²) < 4.78 is 28.8. The number of rotatable bonds is 8. The van der Waals surface area contributed by atoms with E-state index in [1.165, 1.54) is 0 Å². The molecule has 2 unspecified atom stereocenters. The van der Waals surface area contributed by atoms with Crippen molar-refractivity contribution in [2.75, 3.05) is 19.7 Å². The molecule has 0 aliphatic heterocycles. The number of aliphatic hydroxyl groups is 2. The lowest BCUT2D eigenvalue weighted by molar-refractivity contribution is -0.0118. The molecule has 0 aliphatic carbocycles. The first-order chi connectivity index (χ1) is 6.93. The summed E-state index contributed by atoms with van der Waals surface area (Å²) in [5.74, 6) is 0. The van der Waals surface area contributed by atoms with Crippen LogP contribution in [0.3, 0.4) is 0 Å². The van der Waals surface area contributed by atoms with Crippen LogP contribution in [0.25, 0.3) is 0 Å². The Morgan fingerprint density at radius 1 is 1.20 bits per heavy atom. The summed E-state index contributed by atoms with van der Waals surface area (Å²) in [7, 11) is 0. The average molecular weight is 227 g/mol. The highest BCUT2D eigenvalue weighted by atomic mass is 19.3. The number of hydrogen-bond donors (Lipinski definition) is 3. The molecule has 0 aromatic rings. The Kier molecular flexibility index (Phi) is 7.76. The first-order valence-corrected chi connectivity index (χ1v) is 4.90. The van der Waals surface area contributed by atoms with Gasteiger partial charge in [0, 0.05) is 13.1 Å². The maximum Gasteiger partial charge on any atom is 0.265 e. The average Bonchev–Trinajstić information content (AvgIpc) is 2.14. The smallest absolute Gasteiger partial charge is 0.265 e. The fraction of sp³-hybridized carbons (Fsp3) is 1.00. The van der Waals surface area contributed by atoms with Gasteiger partial charge in [0.25, 0.3) is 6.43 Å². The molecule has 0 amide bonds. The molecular formula is C9H19F2NO3. The van der Waals surface area contributed by atoms with Crippen molar-refractivity contribution in [3.63, 3.8) is 0 Å². The number of hydrogen-bond acceptors (Lipinski definition) is 4. The van der Waals surface area contributed by atoms with Crippen molar-refractivity contribution in [3.05, 3.63) is 0 Å². The first-order valence-electron chi connectivity index (χ1n) is 4.90. The van der Waals surface area contributed by atoms with Crippen molar-refractivity contribution in [2.45, 2.75) is 38.6 Å². The summed E-state index contributed by atoms with van der Waals surface area (Å²) in [4.78, 5) is 0. The van der Waals surface area contributed by atoms with Gasteiger partial charge in [-0.25, -0.2) is 8.78 Å². The van der Waals surface area contributed by atoms with Crippen molar-refractivity contribution >= 4 is 0 Å². The van der Waals surface area contributed by atoms with Crippen molar-refractivity contribution in [3.8, 4) is 0 Å². The summed E-state index contributed by atoms with van der Waals surface area (Å²) in [6.07, 6.45) is -5.19. The molecule has 0 bridgehead atoms. The van der Waals surface area contributed by atoms with Gasteiger partial charge in [-0.05, 0) is 13.8 Å². The number of nitrogens with one attached hydrogen (secondary N) is 1. The lowest BCUT2D eigenvalue weighted by Crippen LogP contribution is -2.38. The molecule has 0 fully saturated rings. The van der Waals surface area contributed by atoms with Gasteiger partial charge in [0.15, 0.2) is 0 Å². The van der Waals surface area contributed by atoms with Crippen LogP contribution in [0, 0.1) is 0 Å². The quantitative estimate of drug-likeness (QED) is 0.545. The van der Waals surface area contributed by atoms with Crippen LogP contribution in [0.4, 0.5) is 8.78 Å². The maximum atomic E-state index is 11.8. The van der Waals surface area contributed by atoms with E-state index < -0.39 is 18.6 Å². The second-order valence-corrected chi connectivity index (χ2v) is 3.60. The fourth-order valence-corrected chi connectivity index (χ4v) is 0.849. The van der Waals surface area contributed by atoms with Crippen LogP contribution >= 0.6 is 0 Å². The molecule has 0 rings (SSSR count). The number of ether oxygens (including phenoxy) is 1. The van der Waals surface area contributed by atoms with Crippen molar-refractivity contribution in [1.82, 2.24) is 5.32 Å². The summed E-state index contributed by atoms with van der Waals surface area (Å²) in [6, 6.07) is 0. The molecule has 0 saturated heterocycles. The van der Waals surface area contributed by atoms with Crippen LogP contribution in [-0.4, -0.2) is 54.6 Å². The van der Waals surface area contributed by atoms with Gasteiger partial charge in [0.05, 0.1) is 18.8 Å². The minimum absolute atomic E-state index is 0.0197. The van der Waals surface area contributed by atoms with E-state index in [2.05, 4.69) is 5.32 Å². The van der Waals surface area contributed by atoms with E-state index in [0.717, 1.165) is 0 Å². The predicted octanol–water partition coefficient (Wildman–Crippen LogP) is -0.0121. The highest BCUT2D eigenvalue weighted by Crippen LogP contribution is 1.98. The predicted molar refractivity (Wildman–Crippen MR) is 52.0 cm³/mol. The Morgan fingerprint density at radius 2 is 1.80 bits per heavy atom. The fourth-order valence-electron chi connectivity index (χ4n) is 0.849. The molecule has 2 atom stereocenters. The van der Waals surface area contributed by atoms with E-state index in [4.69, 9.17) is 9.84 Å². The third kappa shape index (κ3) is 8.68. The van der Waals surface area contributed by atoms with Crippen LogP contribution in [0.15, 0.2) is 0 Å². The third-order valence-electron chi connectivity index (χ3n) is 1.65. The number of halogens is 2. The topological polar surface area (TPSA) is 61.7 Å². The van der Waals surface area contributed by atoms with Gasteiger partial charge in [-0.15, -0.1) is 0 Å². The van der Waals surface area contributed by atoms with E-state index in [-0.39, 0.29) is 25.8 Å². The minimum Gasteiger partial charge on any atom is -0.389 e. The minimum atomic E-state index is -2.76. The van der Waals surface area contributed by atoms with Crippen molar-refractivity contribution in [2.24, 2.45) is 0 Å². The summed E-state index contributed by atoms with van der Waals surface area (Å²) in [5, 5.41) is 20.6. The third-order valence-corrected chi connectivity index (χ3v) is 1.65. The molecule has 0 radical (unpaired) electrons. The van der Waals surface area contributed by atoms with E-state index in [0.29, 0.717) is 0 Å². The molecule has 0 spiro atoms. The zero-order valence-electron chi connectivity index (χ0n) is 8.99. The normalized spacial score (nSPS) is 16.0. The zero-order chi connectivity index (χ0) is 11.8. The molecule has 0 aromatic carbocycles. The van der Waals surface area contributed by atoms with Gasteiger partial charge in [0.1, 0.15) is 6.10 Å². The Bertz CT molecular complexity index is 158. The second-order valence-electron chi connectivity index (χ2n) is 3.60. The monoisotopic (exact) mass is 227 g/mol. The molecule has 0 saturated carbocycles. The van der Waals surface area contributed by atoms with Crippen LogP contribution in [0.5, 0.6) is 0 Å². The van der Waals surface area contributed by atoms with E-state index in [9.17, 15) is 13.9 Å². The highest BCUT2D eigenvalue weighted by molar-refractivity contribution is 4.65. The van der Waals surface area contributed by atoms with Gasteiger partial charge < -0.3 is 20.3 Å². The van der Waals surface area contributed by atoms with Gasteiger partial charge in [-0.3, -0.25) is 0 Å². The van der Waals surface area contributed by atoms with Gasteiger partial charge in [-0.1, -0.05) is 0 Å². The van der Waals surface area contributed by atoms with E-state index in [1.807, 2.05) is 13.8 Å². The first kappa shape index (κ1) is 14.7. The molecule has 0 aliphatic rings. The van der Waals surface area contributed by atoms with Crippen LogP contribution in [0.1, 0.15) is 13.8 Å². The van der Waals surface area contributed by atoms with Crippen LogP contribution in [0.2, 0.25) is 0 Å². The van der Waals surface area contributed by atoms with Crippen LogP contribution in [-0.2, 0) is 4.74 Å². The Balaban J connectivity index is 3.42. The van der Waals surface area contributed by atoms with E-state index in [1.54, 1.807) is 0 Å². The van der Waals surface area contributed by atoms with E-state index >= 15 is 0 Å². The molecule has 4 nitrogen and oxygen atoms in total. The Hall–Kier alpha value is -0.300. The van der Waals surface area contributed by atoms with Gasteiger partial charge in [0.2, 0.25) is 0 Å². The number of alkyl halides is 2. The summed E-state index contributed by atoms with van der Waals surface area (Å²) >= 11 is 0. The lowest BCUT2D eigenvalue weighted by atomic mass is 10.3. The lowest BCUT2D eigenvalue weighted by Gasteiger charge is -2.15. The molecule has 0 aromatic heterocycles. The second kappa shape index (κ2) is 7.92. The molecule has 6 heteroatoms. The number of aliphatic hydroxyl groups excluding tert-OH is 2. The Morgan fingerprint density at radius 3 is 2.27 bits per heavy atom. The van der Waals surface area contributed by atoms with Crippen LogP contribution < -0.4 is 5.32 Å². The standard InChI is InChI=1S/C9H19F2NO3/c1-6(2)15-5-7(13)3-12-4-8(14)9(10)11/h6-9,12-14H,3-5H2,1-2H3. The highest BCUT2D eigenvalue weighted by Gasteiger charge is 2.16. The van der Waals surface area contributed by atoms with Gasteiger partial charge >= 0.3 is 0 Å². The van der Waals surface area contributed by atoms with Gasteiger partial charge in [-0.2, -0.15) is 0 Å². The molecule has 0 heterocycles. The van der Waals surface area contributed by atoms with Crippen molar-refractivity contribution < 1.29 is 23.7 Å². The maximum absolute atomic E-state index is 11.8. The molecule has 3 N–H and O–H groups in total. The summed E-state index contributed by atoms with van der Waals surface area (Å²) in [6.45, 7) is 3.70. The molecular weight excluding hydrogens is 208 g/mol. The Labute approximate surface area is 88.2 Å². The summed E-state index contributed by atoms with van der Waals surface area (Å²) in [5.41, 5.74) is 0. The molecule has 15 heavy (non-hydrogen) atoms. The largest absolute Gasteiger partial charge is 0.389 e. The zero-order valence-corrected chi connectivity index (χ0v) is 8.99.